The molecule has 0 atom stereocenters. The maximum Gasteiger partial charge on any atom is 0.255 e. The molecular formula is C27H29F2N7O. The molecule has 1 fully saturated rings. The lowest BCUT2D eigenvalue weighted by Crippen LogP contribution is -2.42. The van der Waals surface area contributed by atoms with Gasteiger partial charge in [-0.3, -0.25) is 4.79 Å². The van der Waals surface area contributed by atoms with Crippen LogP contribution in [-0.2, 0) is 0 Å². The summed E-state index contributed by atoms with van der Waals surface area (Å²) in [5, 5.41) is 3.42. The van der Waals surface area contributed by atoms with Crippen molar-refractivity contribution in [2.75, 3.05) is 18.4 Å². The summed E-state index contributed by atoms with van der Waals surface area (Å²) in [5.74, 6) is -0.714. The molecule has 4 aromatic rings. The number of carbonyl (C=O) groups is 1. The number of hydrogen-bond acceptors (Lipinski definition) is 6. The first kappa shape index (κ1) is 24.8. The van der Waals surface area contributed by atoms with Gasteiger partial charge in [0.1, 0.15) is 17.3 Å². The van der Waals surface area contributed by atoms with E-state index in [1.165, 1.54) is 12.3 Å². The third-order valence-electron chi connectivity index (χ3n) is 6.71. The van der Waals surface area contributed by atoms with Crippen molar-refractivity contribution in [2.45, 2.75) is 45.7 Å². The van der Waals surface area contributed by atoms with E-state index < -0.39 is 11.6 Å². The molecule has 5 rings (SSSR count). The molecule has 3 aromatic heterocycles. The Kier molecular flexibility index (Phi) is 6.59. The van der Waals surface area contributed by atoms with Crippen LogP contribution >= 0.6 is 0 Å². The van der Waals surface area contributed by atoms with E-state index in [1.54, 1.807) is 29.2 Å². The monoisotopic (exact) mass is 505 g/mol. The Hall–Kier alpha value is -3.92. The van der Waals surface area contributed by atoms with Crippen molar-refractivity contribution in [1.82, 2.24) is 24.4 Å². The molecule has 4 heterocycles. The average molecular weight is 506 g/mol. The summed E-state index contributed by atoms with van der Waals surface area (Å²) in [4.78, 5) is 27.1. The summed E-state index contributed by atoms with van der Waals surface area (Å²) in [6.45, 7) is 7.19. The number of benzene rings is 1. The summed E-state index contributed by atoms with van der Waals surface area (Å²) in [5.41, 5.74) is 8.27. The number of rotatable bonds is 5. The van der Waals surface area contributed by atoms with E-state index >= 15 is 0 Å². The van der Waals surface area contributed by atoms with Crippen LogP contribution in [0, 0.1) is 18.6 Å². The highest BCUT2D eigenvalue weighted by atomic mass is 19.1. The summed E-state index contributed by atoms with van der Waals surface area (Å²) < 4.78 is 31.8. The van der Waals surface area contributed by atoms with Crippen LogP contribution in [0.3, 0.4) is 0 Å². The van der Waals surface area contributed by atoms with Gasteiger partial charge in [0.15, 0.2) is 5.82 Å². The van der Waals surface area contributed by atoms with Gasteiger partial charge in [-0.1, -0.05) is 0 Å². The molecular weight excluding hydrogens is 476 g/mol. The molecule has 0 radical (unpaired) electrons. The predicted octanol–water partition coefficient (Wildman–Crippen LogP) is 4.97. The largest absolute Gasteiger partial charge is 0.342 e. The number of nitrogens with zero attached hydrogens (tertiary/aromatic N) is 5. The van der Waals surface area contributed by atoms with Crippen molar-refractivity contribution in [2.24, 2.45) is 5.73 Å². The number of amides is 1. The fourth-order valence-electron chi connectivity index (χ4n) is 4.86. The van der Waals surface area contributed by atoms with E-state index in [-0.39, 0.29) is 29.6 Å². The molecule has 192 valence electrons. The number of aromatic nitrogens is 4. The Morgan fingerprint density at radius 3 is 2.51 bits per heavy atom. The molecule has 1 saturated heterocycles. The van der Waals surface area contributed by atoms with E-state index in [4.69, 9.17) is 5.73 Å². The van der Waals surface area contributed by atoms with Crippen molar-refractivity contribution in [1.29, 1.82) is 0 Å². The van der Waals surface area contributed by atoms with Crippen LogP contribution in [0.4, 0.5) is 20.5 Å². The van der Waals surface area contributed by atoms with Gasteiger partial charge in [-0.2, -0.15) is 0 Å². The lowest BCUT2D eigenvalue weighted by molar-refractivity contribution is 0.0714. The lowest BCUT2D eigenvalue weighted by atomic mass is 10.1. The van der Waals surface area contributed by atoms with Crippen LogP contribution in [-0.4, -0.2) is 49.5 Å². The molecule has 0 saturated carbocycles. The topological polar surface area (TPSA) is 102 Å². The maximum atomic E-state index is 15.0. The Bertz CT molecular complexity index is 1460. The number of nitrogens with one attached hydrogen (secondary N) is 1. The standard InChI is InChI=1S/C27H29F2N7O/c1-15(2)36-16(3)10-20-21(28)11-18(12-23(20)36)25-22(29)14-32-27(34-25)33-24-5-4-17(13-31-24)26(37)35-8-6-19(30)7-9-35/h4-5,10-15,19H,6-9,30H2,1-3H3,(H,31,32,33,34). The molecule has 3 N–H and O–H groups in total. The number of aryl methyl sites for hydroxylation is 1. The fourth-order valence-corrected chi connectivity index (χ4v) is 4.86. The number of nitrogens with two attached hydrogens (primary N) is 1. The summed E-state index contributed by atoms with van der Waals surface area (Å²) in [6, 6.07) is 8.37. The van der Waals surface area contributed by atoms with E-state index in [9.17, 15) is 13.6 Å². The highest BCUT2D eigenvalue weighted by Crippen LogP contribution is 2.32. The second kappa shape index (κ2) is 9.85. The van der Waals surface area contributed by atoms with Crippen LogP contribution in [0.1, 0.15) is 48.8 Å². The lowest BCUT2D eigenvalue weighted by Gasteiger charge is -2.30. The summed E-state index contributed by atoms with van der Waals surface area (Å²) in [6.07, 6.45) is 4.08. The molecule has 0 bridgehead atoms. The summed E-state index contributed by atoms with van der Waals surface area (Å²) in [7, 11) is 0. The minimum absolute atomic E-state index is 0.0254. The van der Waals surface area contributed by atoms with Gasteiger partial charge in [0, 0.05) is 48.0 Å². The van der Waals surface area contributed by atoms with Crippen molar-refractivity contribution in [3.05, 3.63) is 65.6 Å². The molecule has 8 nitrogen and oxygen atoms in total. The first-order valence-corrected chi connectivity index (χ1v) is 12.3. The summed E-state index contributed by atoms with van der Waals surface area (Å²) >= 11 is 0. The smallest absolute Gasteiger partial charge is 0.255 e. The fraction of sp³-hybridized carbons (Fsp3) is 0.333. The molecule has 1 aliphatic heterocycles. The van der Waals surface area contributed by atoms with Gasteiger partial charge >= 0.3 is 0 Å². The van der Waals surface area contributed by atoms with Crippen LogP contribution in [0.15, 0.2) is 42.7 Å². The van der Waals surface area contributed by atoms with Crippen molar-refractivity contribution in [3.63, 3.8) is 0 Å². The first-order chi connectivity index (χ1) is 17.7. The second-order valence-electron chi connectivity index (χ2n) is 9.72. The highest BCUT2D eigenvalue weighted by Gasteiger charge is 2.22. The molecule has 37 heavy (non-hydrogen) atoms. The van der Waals surface area contributed by atoms with Crippen LogP contribution in [0.2, 0.25) is 0 Å². The Balaban J connectivity index is 1.39. The Labute approximate surface area is 213 Å². The average Bonchev–Trinajstić information content (AvgIpc) is 3.22. The van der Waals surface area contributed by atoms with Crippen molar-refractivity contribution < 1.29 is 13.6 Å². The zero-order chi connectivity index (χ0) is 26.3. The quantitative estimate of drug-likeness (QED) is 0.397. The SMILES string of the molecule is Cc1cc2c(F)cc(-c3nc(Nc4ccc(C(=O)N5CCC(N)CC5)cn4)ncc3F)cc2n1C(C)C. The van der Waals surface area contributed by atoms with Gasteiger partial charge < -0.3 is 20.5 Å². The number of anilines is 2. The van der Waals surface area contributed by atoms with Crippen molar-refractivity contribution >= 4 is 28.6 Å². The van der Waals surface area contributed by atoms with Gasteiger partial charge in [0.25, 0.3) is 5.91 Å². The third-order valence-corrected chi connectivity index (χ3v) is 6.71. The number of piperidine rings is 1. The van der Waals surface area contributed by atoms with Gasteiger partial charge in [-0.05, 0) is 63.9 Å². The normalized spacial score (nSPS) is 14.5. The number of halogens is 2. The van der Waals surface area contributed by atoms with Gasteiger partial charge in [0.05, 0.1) is 17.3 Å². The third kappa shape index (κ3) is 4.89. The van der Waals surface area contributed by atoms with E-state index in [0.717, 1.165) is 24.7 Å². The zero-order valence-corrected chi connectivity index (χ0v) is 21.0. The van der Waals surface area contributed by atoms with Crippen LogP contribution < -0.4 is 11.1 Å². The van der Waals surface area contributed by atoms with Crippen molar-refractivity contribution in [3.8, 4) is 11.3 Å². The predicted molar refractivity (Wildman–Crippen MR) is 139 cm³/mol. The Morgan fingerprint density at radius 2 is 1.84 bits per heavy atom. The van der Waals surface area contributed by atoms with Crippen LogP contribution in [0.25, 0.3) is 22.2 Å². The van der Waals surface area contributed by atoms with E-state index in [0.29, 0.717) is 40.9 Å². The number of hydrogen-bond donors (Lipinski definition) is 2. The number of fused-ring (bicyclic) bond motifs is 1. The molecule has 0 spiro atoms. The minimum atomic E-state index is -0.668. The zero-order valence-electron chi connectivity index (χ0n) is 21.0. The molecule has 0 aliphatic carbocycles. The van der Waals surface area contributed by atoms with E-state index in [1.807, 2.05) is 25.3 Å². The number of pyridine rings is 1. The van der Waals surface area contributed by atoms with E-state index in [2.05, 4.69) is 20.3 Å². The number of carbonyl (C=O) groups excluding carboxylic acids is 1. The second-order valence-corrected chi connectivity index (χ2v) is 9.72. The maximum absolute atomic E-state index is 15.0. The Morgan fingerprint density at radius 1 is 1.08 bits per heavy atom. The molecule has 1 aromatic carbocycles. The minimum Gasteiger partial charge on any atom is -0.342 e. The number of likely N-dealkylation sites (tertiary alicyclic amines) is 1. The van der Waals surface area contributed by atoms with Gasteiger partial charge in [-0.15, -0.1) is 0 Å². The molecule has 1 aliphatic rings. The molecule has 1 amide bonds. The van der Waals surface area contributed by atoms with Gasteiger partial charge in [0.2, 0.25) is 5.95 Å². The van der Waals surface area contributed by atoms with Gasteiger partial charge in [-0.25, -0.2) is 23.7 Å². The molecule has 0 unspecified atom stereocenters. The first-order valence-electron chi connectivity index (χ1n) is 12.3. The van der Waals surface area contributed by atoms with Crippen LogP contribution in [0.5, 0.6) is 0 Å². The highest BCUT2D eigenvalue weighted by molar-refractivity contribution is 5.94. The molecule has 10 heteroatoms.